The second kappa shape index (κ2) is 11.0. The summed E-state index contributed by atoms with van der Waals surface area (Å²) in [5.41, 5.74) is 6.43. The second-order valence-electron chi connectivity index (χ2n) is 8.78. The highest BCUT2D eigenvalue weighted by Crippen LogP contribution is 2.36. The number of nitrogens with two attached hydrogens (primary N) is 1. The van der Waals surface area contributed by atoms with Crippen molar-refractivity contribution >= 4 is 24.4 Å². The lowest BCUT2D eigenvalue weighted by Crippen LogP contribution is -2.49. The molecule has 2 aliphatic heterocycles. The number of benzene rings is 2. The van der Waals surface area contributed by atoms with Crippen LogP contribution in [0.3, 0.4) is 0 Å². The Hall–Kier alpha value is -3.22. The SMILES string of the molecule is Cl.N#CC1(c2ccccc2)CCN(CCC(C(N)=O)N2C(=O)OCC2c2ccc(F)c(F)c2)CC1. The summed E-state index contributed by atoms with van der Waals surface area (Å²) in [5, 5.41) is 9.88. The van der Waals surface area contributed by atoms with E-state index in [1.807, 2.05) is 30.3 Å². The van der Waals surface area contributed by atoms with Crippen molar-refractivity contribution in [1.82, 2.24) is 9.80 Å². The molecule has 2 aromatic carbocycles. The van der Waals surface area contributed by atoms with Gasteiger partial charge in [-0.2, -0.15) is 5.26 Å². The number of hydrogen-bond acceptors (Lipinski definition) is 5. The molecule has 0 spiro atoms. The first-order chi connectivity index (χ1) is 16.3. The zero-order chi connectivity index (χ0) is 24.3. The fourth-order valence-electron chi connectivity index (χ4n) is 4.86. The van der Waals surface area contributed by atoms with Crippen LogP contribution in [0.4, 0.5) is 13.6 Å². The maximum absolute atomic E-state index is 13.8. The Morgan fingerprint density at radius 2 is 1.86 bits per heavy atom. The molecule has 35 heavy (non-hydrogen) atoms. The fourth-order valence-corrected chi connectivity index (χ4v) is 4.86. The third-order valence-corrected chi connectivity index (χ3v) is 6.87. The lowest BCUT2D eigenvalue weighted by Gasteiger charge is -2.38. The summed E-state index contributed by atoms with van der Waals surface area (Å²) in [7, 11) is 0. The van der Waals surface area contributed by atoms with Crippen LogP contribution in [0.2, 0.25) is 0 Å². The van der Waals surface area contributed by atoms with Crippen molar-refractivity contribution in [2.24, 2.45) is 5.73 Å². The molecule has 2 heterocycles. The zero-order valence-corrected chi connectivity index (χ0v) is 19.8. The van der Waals surface area contributed by atoms with Crippen LogP contribution < -0.4 is 5.73 Å². The molecule has 0 aliphatic carbocycles. The summed E-state index contributed by atoms with van der Waals surface area (Å²) in [4.78, 5) is 28.1. The van der Waals surface area contributed by atoms with Crippen molar-refractivity contribution in [2.45, 2.75) is 36.8 Å². The number of piperidine rings is 1. The standard InChI is InChI=1S/C25H26F2N4O3.ClH/c26-19-7-6-17(14-20(19)27)22-15-34-24(33)31(22)21(23(29)32)8-11-30-12-9-25(16-28,10-13-30)18-4-2-1-3-5-18;/h1-7,14,21-22H,8-13,15H2,(H2,29,32);1H. The van der Waals surface area contributed by atoms with Gasteiger partial charge in [0.1, 0.15) is 12.6 Å². The van der Waals surface area contributed by atoms with Crippen molar-refractivity contribution in [2.75, 3.05) is 26.2 Å². The second-order valence-corrected chi connectivity index (χ2v) is 8.78. The molecule has 2 unspecified atom stereocenters. The third kappa shape index (κ3) is 5.39. The molecule has 2 aromatic rings. The highest BCUT2D eigenvalue weighted by molar-refractivity contribution is 5.85. The Labute approximate surface area is 208 Å². The minimum atomic E-state index is -1.04. The Kier molecular flexibility index (Phi) is 8.30. The quantitative estimate of drug-likeness (QED) is 0.620. The summed E-state index contributed by atoms with van der Waals surface area (Å²) < 4.78 is 32.3. The van der Waals surface area contributed by atoms with Gasteiger partial charge >= 0.3 is 6.09 Å². The molecule has 4 rings (SSSR count). The summed E-state index contributed by atoms with van der Waals surface area (Å²) in [6, 6.07) is 13.8. The van der Waals surface area contributed by atoms with E-state index in [9.17, 15) is 23.6 Å². The molecule has 2 amide bonds. The molecule has 0 aromatic heterocycles. The molecule has 7 nitrogen and oxygen atoms in total. The van der Waals surface area contributed by atoms with Crippen LogP contribution in [-0.2, 0) is 14.9 Å². The van der Waals surface area contributed by atoms with Crippen molar-refractivity contribution in [3.05, 3.63) is 71.3 Å². The number of primary amides is 1. The van der Waals surface area contributed by atoms with Gasteiger partial charge in [-0.05, 0) is 55.6 Å². The summed E-state index contributed by atoms with van der Waals surface area (Å²) >= 11 is 0. The average molecular weight is 505 g/mol. The van der Waals surface area contributed by atoms with E-state index in [2.05, 4.69) is 11.0 Å². The minimum Gasteiger partial charge on any atom is -0.447 e. The molecule has 2 aliphatic rings. The van der Waals surface area contributed by atoms with E-state index in [1.54, 1.807) is 0 Å². The molecule has 0 radical (unpaired) electrons. The van der Waals surface area contributed by atoms with E-state index in [4.69, 9.17) is 10.5 Å². The van der Waals surface area contributed by atoms with E-state index in [-0.39, 0.29) is 25.4 Å². The minimum absolute atomic E-state index is 0. The molecular weight excluding hydrogens is 478 g/mol. The Bertz CT molecular complexity index is 1100. The van der Waals surface area contributed by atoms with Gasteiger partial charge in [0, 0.05) is 6.54 Å². The lowest BCUT2D eigenvalue weighted by molar-refractivity contribution is -0.123. The Balaban J connectivity index is 0.00000342. The van der Waals surface area contributed by atoms with Gasteiger partial charge in [-0.25, -0.2) is 13.6 Å². The van der Waals surface area contributed by atoms with E-state index >= 15 is 0 Å². The monoisotopic (exact) mass is 504 g/mol. The smallest absolute Gasteiger partial charge is 0.411 e. The topological polar surface area (TPSA) is 99.7 Å². The molecule has 2 fully saturated rings. The molecule has 0 bridgehead atoms. The number of rotatable bonds is 7. The maximum Gasteiger partial charge on any atom is 0.411 e. The van der Waals surface area contributed by atoms with Gasteiger partial charge in [-0.3, -0.25) is 9.69 Å². The van der Waals surface area contributed by atoms with Gasteiger partial charge in [-0.1, -0.05) is 36.4 Å². The number of amides is 2. The predicted octanol–water partition coefficient (Wildman–Crippen LogP) is 3.68. The van der Waals surface area contributed by atoms with Crippen molar-refractivity contribution in [3.63, 3.8) is 0 Å². The van der Waals surface area contributed by atoms with Crippen LogP contribution in [0.15, 0.2) is 48.5 Å². The van der Waals surface area contributed by atoms with Crippen LogP contribution in [0.1, 0.15) is 36.4 Å². The summed E-state index contributed by atoms with van der Waals surface area (Å²) in [6.07, 6.45) is 0.843. The van der Waals surface area contributed by atoms with Crippen molar-refractivity contribution < 1.29 is 23.1 Å². The predicted molar refractivity (Wildman–Crippen MR) is 127 cm³/mol. The first-order valence-electron chi connectivity index (χ1n) is 11.2. The normalized spacial score (nSPS) is 20.4. The van der Waals surface area contributed by atoms with Gasteiger partial charge < -0.3 is 15.4 Å². The van der Waals surface area contributed by atoms with Gasteiger partial charge in [0.15, 0.2) is 11.6 Å². The average Bonchev–Trinajstić information content (AvgIpc) is 3.23. The van der Waals surface area contributed by atoms with E-state index in [1.165, 1.54) is 11.0 Å². The zero-order valence-electron chi connectivity index (χ0n) is 19.0. The lowest BCUT2D eigenvalue weighted by atomic mass is 9.74. The van der Waals surface area contributed by atoms with E-state index in [0.29, 0.717) is 38.0 Å². The molecule has 2 saturated heterocycles. The van der Waals surface area contributed by atoms with Crippen LogP contribution in [-0.4, -0.2) is 54.1 Å². The largest absolute Gasteiger partial charge is 0.447 e. The molecular formula is C25H27ClF2N4O3. The van der Waals surface area contributed by atoms with Gasteiger partial charge in [-0.15, -0.1) is 12.4 Å². The first-order valence-corrected chi connectivity index (χ1v) is 11.2. The van der Waals surface area contributed by atoms with Crippen molar-refractivity contribution in [3.8, 4) is 6.07 Å². The molecule has 10 heteroatoms. The Morgan fingerprint density at radius 1 is 1.17 bits per heavy atom. The number of ether oxygens (including phenoxy) is 1. The summed E-state index contributed by atoms with van der Waals surface area (Å²) in [5.74, 6) is -2.74. The van der Waals surface area contributed by atoms with Gasteiger partial charge in [0.05, 0.1) is 17.5 Å². The van der Waals surface area contributed by atoms with Gasteiger partial charge in [0.2, 0.25) is 5.91 Å². The van der Waals surface area contributed by atoms with Gasteiger partial charge in [0.25, 0.3) is 0 Å². The van der Waals surface area contributed by atoms with Crippen LogP contribution in [0.5, 0.6) is 0 Å². The highest BCUT2D eigenvalue weighted by Gasteiger charge is 2.42. The molecule has 2 atom stereocenters. The maximum atomic E-state index is 13.8. The molecule has 0 saturated carbocycles. The number of carbonyl (C=O) groups is 2. The van der Waals surface area contributed by atoms with E-state index < -0.39 is 41.1 Å². The number of hydrogen-bond donors (Lipinski definition) is 1. The third-order valence-electron chi connectivity index (χ3n) is 6.87. The summed E-state index contributed by atoms with van der Waals surface area (Å²) in [6.45, 7) is 1.72. The Morgan fingerprint density at radius 3 is 2.46 bits per heavy atom. The fraction of sp³-hybridized carbons (Fsp3) is 0.400. The number of nitrogens with zero attached hydrogens (tertiary/aromatic N) is 3. The van der Waals surface area contributed by atoms with E-state index in [0.717, 1.165) is 17.7 Å². The van der Waals surface area contributed by atoms with Crippen LogP contribution in [0.25, 0.3) is 0 Å². The number of halogens is 3. The highest BCUT2D eigenvalue weighted by atomic mass is 35.5. The first kappa shape index (κ1) is 26.4. The van der Waals surface area contributed by atoms with Crippen LogP contribution >= 0.6 is 12.4 Å². The van der Waals surface area contributed by atoms with Crippen molar-refractivity contribution in [1.29, 1.82) is 5.26 Å². The van der Waals surface area contributed by atoms with Crippen LogP contribution in [0, 0.1) is 23.0 Å². The molecule has 186 valence electrons. The number of likely N-dealkylation sites (tertiary alicyclic amines) is 1. The number of nitriles is 1. The number of cyclic esters (lactones) is 1. The molecule has 2 N–H and O–H groups in total. The number of carbonyl (C=O) groups excluding carboxylic acids is 2.